The van der Waals surface area contributed by atoms with Gasteiger partial charge in [0.1, 0.15) is 0 Å². The Labute approximate surface area is 101 Å². The summed E-state index contributed by atoms with van der Waals surface area (Å²) in [5.41, 5.74) is 6.09. The number of hydrogen-bond donors (Lipinski definition) is 2. The van der Waals surface area contributed by atoms with Crippen molar-refractivity contribution in [3.63, 3.8) is 0 Å². The first kappa shape index (κ1) is 13.0. The van der Waals surface area contributed by atoms with E-state index in [2.05, 4.69) is 0 Å². The van der Waals surface area contributed by atoms with Gasteiger partial charge in [0.15, 0.2) is 0 Å². The summed E-state index contributed by atoms with van der Waals surface area (Å²) in [6, 6.07) is 8.70. The molecule has 0 aliphatic carbocycles. The van der Waals surface area contributed by atoms with E-state index in [9.17, 15) is 4.79 Å². The first-order valence-corrected chi connectivity index (χ1v) is 5.59. The third-order valence-electron chi connectivity index (χ3n) is 2.48. The average molecular weight is 234 g/mol. The second-order valence-corrected chi connectivity index (χ2v) is 3.51. The maximum Gasteiger partial charge on any atom is 0.331 e. The van der Waals surface area contributed by atoms with Gasteiger partial charge in [0.2, 0.25) is 5.96 Å². The summed E-state index contributed by atoms with van der Waals surface area (Å²) < 4.78 is 0. The Morgan fingerprint density at radius 2 is 1.76 bits per heavy atom. The number of guanidine groups is 1. The number of nitrogens with two attached hydrogens (primary N) is 1. The number of para-hydroxylation sites is 1. The van der Waals surface area contributed by atoms with Gasteiger partial charge in [-0.15, -0.1) is 0 Å². The van der Waals surface area contributed by atoms with Gasteiger partial charge in [-0.25, -0.2) is 9.69 Å². The van der Waals surface area contributed by atoms with E-state index in [-0.39, 0.29) is 12.0 Å². The van der Waals surface area contributed by atoms with Crippen LogP contribution >= 0.6 is 0 Å². The Morgan fingerprint density at radius 3 is 2.18 bits per heavy atom. The minimum atomic E-state index is -0.270. The molecule has 0 saturated carbocycles. The summed E-state index contributed by atoms with van der Waals surface area (Å²) in [5.74, 6) is -0.270. The maximum atomic E-state index is 12.2. The Morgan fingerprint density at radius 1 is 1.24 bits per heavy atom. The molecule has 3 N–H and O–H groups in total. The maximum absolute atomic E-state index is 12.2. The molecule has 0 atom stereocenters. The molecule has 92 valence electrons. The molecule has 0 radical (unpaired) electrons. The van der Waals surface area contributed by atoms with Gasteiger partial charge in [-0.2, -0.15) is 0 Å². The molecule has 1 aromatic carbocycles. The van der Waals surface area contributed by atoms with Gasteiger partial charge in [-0.05, 0) is 26.0 Å². The van der Waals surface area contributed by atoms with Crippen LogP contribution in [0.5, 0.6) is 0 Å². The van der Waals surface area contributed by atoms with E-state index in [1.54, 1.807) is 29.2 Å². The SMILES string of the molecule is CCN(CC)C(=O)N(C(=N)N)c1ccccc1. The van der Waals surface area contributed by atoms with Crippen molar-refractivity contribution in [1.29, 1.82) is 5.41 Å². The van der Waals surface area contributed by atoms with E-state index in [1.807, 2.05) is 19.9 Å². The zero-order chi connectivity index (χ0) is 12.8. The lowest BCUT2D eigenvalue weighted by atomic mass is 10.3. The number of rotatable bonds is 3. The molecule has 0 aliphatic heterocycles. The summed E-state index contributed by atoms with van der Waals surface area (Å²) in [5, 5.41) is 7.52. The van der Waals surface area contributed by atoms with Crippen LogP contribution in [0.15, 0.2) is 30.3 Å². The monoisotopic (exact) mass is 234 g/mol. The van der Waals surface area contributed by atoms with Gasteiger partial charge in [0.25, 0.3) is 0 Å². The van der Waals surface area contributed by atoms with Gasteiger partial charge in [-0.3, -0.25) is 5.41 Å². The number of carbonyl (C=O) groups is 1. The number of nitrogens with zero attached hydrogens (tertiary/aromatic N) is 2. The lowest BCUT2D eigenvalue weighted by Crippen LogP contribution is -2.49. The number of urea groups is 1. The molecule has 0 heterocycles. The Kier molecular flexibility index (Phi) is 4.51. The molecule has 0 bridgehead atoms. The molecule has 1 aromatic rings. The van der Waals surface area contributed by atoms with E-state index in [0.29, 0.717) is 18.8 Å². The van der Waals surface area contributed by atoms with Crippen LogP contribution in [0.3, 0.4) is 0 Å². The molecule has 0 fully saturated rings. The van der Waals surface area contributed by atoms with E-state index < -0.39 is 0 Å². The van der Waals surface area contributed by atoms with Crippen LogP contribution in [-0.4, -0.2) is 30.0 Å². The zero-order valence-corrected chi connectivity index (χ0v) is 10.2. The van der Waals surface area contributed by atoms with Crippen LogP contribution in [0.25, 0.3) is 0 Å². The predicted octanol–water partition coefficient (Wildman–Crippen LogP) is 1.85. The number of nitrogens with one attached hydrogen (secondary N) is 1. The number of hydrogen-bond acceptors (Lipinski definition) is 2. The topological polar surface area (TPSA) is 73.4 Å². The smallest absolute Gasteiger partial charge is 0.331 e. The standard InChI is InChI=1S/C12H18N4O/c1-3-15(4-2)12(17)16(11(13)14)10-8-6-5-7-9-10/h5-9H,3-4H2,1-2H3,(H3,13,14). The molecule has 0 unspecified atom stereocenters. The number of amides is 2. The molecule has 5 heteroatoms. The Balaban J connectivity index is 3.02. The Bertz CT molecular complexity index is 387. The first-order chi connectivity index (χ1) is 8.11. The first-order valence-electron chi connectivity index (χ1n) is 5.59. The summed E-state index contributed by atoms with van der Waals surface area (Å²) >= 11 is 0. The third-order valence-corrected chi connectivity index (χ3v) is 2.48. The van der Waals surface area contributed by atoms with Crippen LogP contribution < -0.4 is 10.6 Å². The molecule has 17 heavy (non-hydrogen) atoms. The van der Waals surface area contributed by atoms with Crippen molar-refractivity contribution >= 4 is 17.7 Å². The normalized spacial score (nSPS) is 9.76. The van der Waals surface area contributed by atoms with Gasteiger partial charge in [0, 0.05) is 13.1 Å². The van der Waals surface area contributed by atoms with Crippen molar-refractivity contribution in [2.24, 2.45) is 5.73 Å². The quantitative estimate of drug-likeness (QED) is 0.618. The van der Waals surface area contributed by atoms with Gasteiger partial charge < -0.3 is 10.6 Å². The second kappa shape index (κ2) is 5.89. The van der Waals surface area contributed by atoms with E-state index >= 15 is 0 Å². The number of carbonyl (C=O) groups excluding carboxylic acids is 1. The van der Waals surface area contributed by atoms with E-state index in [0.717, 1.165) is 0 Å². The van der Waals surface area contributed by atoms with Crippen LogP contribution in [0, 0.1) is 5.41 Å². The number of anilines is 1. The van der Waals surface area contributed by atoms with Crippen molar-refractivity contribution in [1.82, 2.24) is 4.90 Å². The third kappa shape index (κ3) is 2.96. The van der Waals surface area contributed by atoms with Crippen LogP contribution in [0.2, 0.25) is 0 Å². The minimum absolute atomic E-state index is 0.270. The molecule has 5 nitrogen and oxygen atoms in total. The van der Waals surface area contributed by atoms with Gasteiger partial charge in [0.05, 0.1) is 5.69 Å². The fourth-order valence-corrected chi connectivity index (χ4v) is 1.57. The highest BCUT2D eigenvalue weighted by Gasteiger charge is 2.22. The van der Waals surface area contributed by atoms with E-state index in [4.69, 9.17) is 11.1 Å². The summed E-state index contributed by atoms with van der Waals surface area (Å²) in [6.45, 7) is 4.97. The fourth-order valence-electron chi connectivity index (χ4n) is 1.57. The number of benzene rings is 1. The van der Waals surface area contributed by atoms with Gasteiger partial charge >= 0.3 is 6.03 Å². The largest absolute Gasteiger partial charge is 0.369 e. The molecule has 1 rings (SSSR count). The van der Waals surface area contributed by atoms with Crippen LogP contribution in [0.1, 0.15) is 13.8 Å². The molecule has 0 aliphatic rings. The average Bonchev–Trinajstić information content (AvgIpc) is 2.31. The zero-order valence-electron chi connectivity index (χ0n) is 10.2. The molecular weight excluding hydrogens is 216 g/mol. The highest BCUT2D eigenvalue weighted by atomic mass is 16.2. The van der Waals surface area contributed by atoms with Crippen molar-refractivity contribution in [3.8, 4) is 0 Å². The molecule has 2 amide bonds. The Hall–Kier alpha value is -2.04. The van der Waals surface area contributed by atoms with E-state index in [1.165, 1.54) is 4.90 Å². The van der Waals surface area contributed by atoms with Crippen LogP contribution in [0.4, 0.5) is 10.5 Å². The summed E-state index contributed by atoms with van der Waals surface area (Å²) in [6.07, 6.45) is 0. The fraction of sp³-hybridized carbons (Fsp3) is 0.333. The predicted molar refractivity (Wildman–Crippen MR) is 69.2 cm³/mol. The van der Waals surface area contributed by atoms with Crippen LogP contribution in [-0.2, 0) is 0 Å². The molecule has 0 saturated heterocycles. The van der Waals surface area contributed by atoms with Crippen molar-refractivity contribution < 1.29 is 4.79 Å². The molecular formula is C12H18N4O. The van der Waals surface area contributed by atoms with Gasteiger partial charge in [-0.1, -0.05) is 18.2 Å². The molecule has 0 spiro atoms. The van der Waals surface area contributed by atoms with Crippen molar-refractivity contribution in [3.05, 3.63) is 30.3 Å². The lowest BCUT2D eigenvalue weighted by molar-refractivity contribution is 0.213. The molecule has 0 aromatic heterocycles. The van der Waals surface area contributed by atoms with Crippen molar-refractivity contribution in [2.45, 2.75) is 13.8 Å². The van der Waals surface area contributed by atoms with Crippen molar-refractivity contribution in [2.75, 3.05) is 18.0 Å². The second-order valence-electron chi connectivity index (χ2n) is 3.51. The summed E-state index contributed by atoms with van der Waals surface area (Å²) in [4.78, 5) is 15.0. The summed E-state index contributed by atoms with van der Waals surface area (Å²) in [7, 11) is 0. The minimum Gasteiger partial charge on any atom is -0.369 e. The highest BCUT2D eigenvalue weighted by molar-refractivity contribution is 6.13. The highest BCUT2D eigenvalue weighted by Crippen LogP contribution is 2.14. The lowest BCUT2D eigenvalue weighted by Gasteiger charge is -2.27.